The van der Waals surface area contributed by atoms with Crippen LogP contribution in [-0.4, -0.2) is 15.0 Å². The summed E-state index contributed by atoms with van der Waals surface area (Å²) in [5.74, 6) is 0. The number of hydrogen-bond donors (Lipinski definition) is 1. The molecule has 0 saturated heterocycles. The summed E-state index contributed by atoms with van der Waals surface area (Å²) in [5, 5.41) is 9.16. The third-order valence-corrected chi connectivity index (χ3v) is 5.43. The average molecular weight is 410 g/mol. The minimum atomic E-state index is 0.707. The number of halogens is 2. The van der Waals surface area contributed by atoms with Crippen LogP contribution < -0.4 is 5.73 Å². The fourth-order valence-corrected chi connectivity index (χ4v) is 3.28. The van der Waals surface area contributed by atoms with E-state index in [1.807, 2.05) is 25.1 Å². The van der Waals surface area contributed by atoms with E-state index in [2.05, 4.69) is 55.9 Å². The van der Waals surface area contributed by atoms with Crippen LogP contribution in [0.3, 0.4) is 0 Å². The van der Waals surface area contributed by atoms with Crippen LogP contribution in [0.5, 0.6) is 0 Å². The van der Waals surface area contributed by atoms with Gasteiger partial charge in [0.2, 0.25) is 0 Å². The highest BCUT2D eigenvalue weighted by Gasteiger charge is 2.14. The smallest absolute Gasteiger partial charge is 0.129 e. The Morgan fingerprint density at radius 3 is 2.48 bits per heavy atom. The Balaban J connectivity index is 2.28. The molecule has 1 aromatic heterocycles. The number of nitrogens with zero attached hydrogens (tertiary/aromatic N) is 3. The minimum Gasteiger partial charge on any atom is -0.398 e. The van der Waals surface area contributed by atoms with Crippen molar-refractivity contribution in [3.8, 4) is 5.69 Å². The number of benzene rings is 2. The standard InChI is InChI=1S/C15H14Br2N4/c1-7-6-11-15(13(17)14(7)18)20-21(19-11)12-5-4-10(16)8(2)9(12)3/h4-6H,18H2,1-3H3. The lowest BCUT2D eigenvalue weighted by molar-refractivity contribution is 0.758. The van der Waals surface area contributed by atoms with Crippen molar-refractivity contribution in [2.45, 2.75) is 20.8 Å². The fraction of sp³-hybridized carbons (Fsp3) is 0.200. The van der Waals surface area contributed by atoms with E-state index < -0.39 is 0 Å². The molecule has 2 N–H and O–H groups in total. The first-order chi connectivity index (χ1) is 9.90. The number of aryl methyl sites for hydroxylation is 1. The molecular formula is C15H14Br2N4. The lowest BCUT2D eigenvalue weighted by Crippen LogP contribution is -2.02. The highest BCUT2D eigenvalue weighted by Crippen LogP contribution is 2.31. The van der Waals surface area contributed by atoms with Gasteiger partial charge in [0, 0.05) is 4.47 Å². The summed E-state index contributed by atoms with van der Waals surface area (Å²) in [6.07, 6.45) is 0. The summed E-state index contributed by atoms with van der Waals surface area (Å²) in [6, 6.07) is 5.98. The number of hydrogen-bond acceptors (Lipinski definition) is 3. The third kappa shape index (κ3) is 2.26. The largest absolute Gasteiger partial charge is 0.398 e. The number of nitrogen functional groups attached to an aromatic ring is 1. The van der Waals surface area contributed by atoms with Crippen molar-refractivity contribution in [3.05, 3.63) is 43.8 Å². The maximum atomic E-state index is 6.04. The van der Waals surface area contributed by atoms with Gasteiger partial charge in [0.05, 0.1) is 15.8 Å². The van der Waals surface area contributed by atoms with Crippen LogP contribution in [0.1, 0.15) is 16.7 Å². The molecule has 3 rings (SSSR count). The van der Waals surface area contributed by atoms with Crippen molar-refractivity contribution in [1.82, 2.24) is 15.0 Å². The van der Waals surface area contributed by atoms with Crippen molar-refractivity contribution in [2.24, 2.45) is 0 Å². The molecule has 0 fully saturated rings. The minimum absolute atomic E-state index is 0.707. The molecule has 0 amide bonds. The average Bonchev–Trinajstić information content (AvgIpc) is 2.86. The normalized spacial score (nSPS) is 11.3. The molecule has 0 bridgehead atoms. The first-order valence-electron chi connectivity index (χ1n) is 6.48. The van der Waals surface area contributed by atoms with Crippen LogP contribution in [0.2, 0.25) is 0 Å². The molecule has 1 heterocycles. The Bertz CT molecular complexity index is 868. The van der Waals surface area contributed by atoms with E-state index in [9.17, 15) is 0 Å². The zero-order valence-corrected chi connectivity index (χ0v) is 15.1. The maximum absolute atomic E-state index is 6.04. The van der Waals surface area contributed by atoms with Gasteiger partial charge in [-0.1, -0.05) is 15.9 Å². The van der Waals surface area contributed by atoms with E-state index in [4.69, 9.17) is 5.73 Å². The van der Waals surface area contributed by atoms with Crippen LogP contribution in [0.15, 0.2) is 27.1 Å². The van der Waals surface area contributed by atoms with Gasteiger partial charge in [0.25, 0.3) is 0 Å². The lowest BCUT2D eigenvalue weighted by Gasteiger charge is -2.08. The van der Waals surface area contributed by atoms with Gasteiger partial charge in [0.1, 0.15) is 11.0 Å². The summed E-state index contributed by atoms with van der Waals surface area (Å²) in [7, 11) is 0. The number of fused-ring (bicyclic) bond motifs is 1. The summed E-state index contributed by atoms with van der Waals surface area (Å²) in [4.78, 5) is 1.67. The molecular weight excluding hydrogens is 396 g/mol. The number of nitrogens with two attached hydrogens (primary N) is 1. The molecule has 21 heavy (non-hydrogen) atoms. The zero-order valence-electron chi connectivity index (χ0n) is 11.9. The molecule has 6 heteroatoms. The van der Waals surface area contributed by atoms with Gasteiger partial charge in [-0.25, -0.2) is 0 Å². The van der Waals surface area contributed by atoms with Gasteiger partial charge >= 0.3 is 0 Å². The van der Waals surface area contributed by atoms with Crippen LogP contribution in [0.4, 0.5) is 5.69 Å². The van der Waals surface area contributed by atoms with Gasteiger partial charge in [-0.3, -0.25) is 0 Å². The van der Waals surface area contributed by atoms with E-state index in [1.165, 1.54) is 5.56 Å². The third-order valence-electron chi connectivity index (χ3n) is 3.77. The molecule has 0 radical (unpaired) electrons. The zero-order chi connectivity index (χ0) is 15.3. The number of aromatic nitrogens is 3. The monoisotopic (exact) mass is 408 g/mol. The molecule has 3 aromatic rings. The molecule has 0 aliphatic heterocycles. The van der Waals surface area contributed by atoms with E-state index >= 15 is 0 Å². The van der Waals surface area contributed by atoms with Crippen molar-refractivity contribution in [3.63, 3.8) is 0 Å². The summed E-state index contributed by atoms with van der Waals surface area (Å²) in [6.45, 7) is 6.11. The van der Waals surface area contributed by atoms with E-state index in [0.29, 0.717) is 5.69 Å². The molecule has 0 unspecified atom stereocenters. The van der Waals surface area contributed by atoms with E-state index in [0.717, 1.165) is 36.8 Å². The molecule has 0 saturated carbocycles. The van der Waals surface area contributed by atoms with Crippen LogP contribution in [0.25, 0.3) is 16.7 Å². The van der Waals surface area contributed by atoms with Gasteiger partial charge < -0.3 is 5.73 Å². The summed E-state index contributed by atoms with van der Waals surface area (Å²) < 4.78 is 1.89. The van der Waals surface area contributed by atoms with Crippen molar-refractivity contribution in [2.75, 3.05) is 5.73 Å². The number of rotatable bonds is 1. The predicted octanol–water partition coefficient (Wildman–Crippen LogP) is 4.45. The predicted molar refractivity (Wildman–Crippen MR) is 92.9 cm³/mol. The molecule has 0 atom stereocenters. The maximum Gasteiger partial charge on any atom is 0.129 e. The van der Waals surface area contributed by atoms with Crippen LogP contribution >= 0.6 is 31.9 Å². The van der Waals surface area contributed by atoms with Crippen LogP contribution in [-0.2, 0) is 0 Å². The SMILES string of the molecule is Cc1cc2nn(-c3ccc(Br)c(C)c3C)nc2c(Br)c1N. The molecule has 2 aromatic carbocycles. The van der Waals surface area contributed by atoms with Gasteiger partial charge in [-0.2, -0.15) is 4.80 Å². The number of anilines is 1. The van der Waals surface area contributed by atoms with Crippen LogP contribution in [0, 0.1) is 20.8 Å². The quantitative estimate of drug-likeness (QED) is 0.604. The van der Waals surface area contributed by atoms with Gasteiger partial charge in [0.15, 0.2) is 0 Å². The molecule has 0 aliphatic rings. The molecule has 108 valence electrons. The van der Waals surface area contributed by atoms with Crippen molar-refractivity contribution in [1.29, 1.82) is 0 Å². The second-order valence-corrected chi connectivity index (χ2v) is 6.74. The topological polar surface area (TPSA) is 56.7 Å². The summed E-state index contributed by atoms with van der Waals surface area (Å²) in [5.41, 5.74) is 12.6. The first kappa shape index (κ1) is 14.5. The van der Waals surface area contributed by atoms with E-state index in [1.54, 1.807) is 4.80 Å². The fourth-order valence-electron chi connectivity index (χ4n) is 2.25. The first-order valence-corrected chi connectivity index (χ1v) is 8.06. The van der Waals surface area contributed by atoms with E-state index in [-0.39, 0.29) is 0 Å². The highest BCUT2D eigenvalue weighted by atomic mass is 79.9. The molecule has 4 nitrogen and oxygen atoms in total. The Labute approximate surface area is 139 Å². The second-order valence-electron chi connectivity index (χ2n) is 5.09. The Morgan fingerprint density at radius 1 is 1.05 bits per heavy atom. The Hall–Kier alpha value is -1.40. The van der Waals surface area contributed by atoms with Gasteiger partial charge in [-0.15, -0.1) is 10.2 Å². The van der Waals surface area contributed by atoms with Gasteiger partial charge in [-0.05, 0) is 71.6 Å². The Morgan fingerprint density at radius 2 is 1.76 bits per heavy atom. The Kier molecular flexibility index (Phi) is 3.53. The van der Waals surface area contributed by atoms with Crippen molar-refractivity contribution < 1.29 is 0 Å². The highest BCUT2D eigenvalue weighted by molar-refractivity contribution is 9.11. The molecule has 0 spiro atoms. The van der Waals surface area contributed by atoms with Crippen molar-refractivity contribution >= 4 is 48.6 Å². The molecule has 0 aliphatic carbocycles. The second kappa shape index (κ2) is 5.10. The summed E-state index contributed by atoms with van der Waals surface area (Å²) >= 11 is 7.06. The lowest BCUT2D eigenvalue weighted by atomic mass is 10.1.